The number of nitrogens with zero attached hydrogens (tertiary/aromatic N) is 2. The van der Waals surface area contributed by atoms with Gasteiger partial charge in [0.2, 0.25) is 5.88 Å². The Morgan fingerprint density at radius 3 is 2.65 bits per heavy atom. The fraction of sp³-hybridized carbons (Fsp3) is 0.125. The van der Waals surface area contributed by atoms with Gasteiger partial charge in [0.05, 0.1) is 10.9 Å². The first-order chi connectivity index (χ1) is 9.63. The molecule has 4 nitrogen and oxygen atoms in total. The maximum absolute atomic E-state index is 5.93. The van der Waals surface area contributed by atoms with Gasteiger partial charge in [-0.05, 0) is 43.7 Å². The molecule has 0 spiro atoms. The third-order valence-electron chi connectivity index (χ3n) is 3.16. The van der Waals surface area contributed by atoms with Gasteiger partial charge in [0.25, 0.3) is 0 Å². The van der Waals surface area contributed by atoms with Crippen LogP contribution < -0.4 is 10.5 Å². The lowest BCUT2D eigenvalue weighted by Crippen LogP contribution is -1.94. The maximum Gasteiger partial charge on any atom is 0.230 e. The summed E-state index contributed by atoms with van der Waals surface area (Å²) in [6.07, 6.45) is 1.50. The summed E-state index contributed by atoms with van der Waals surface area (Å²) >= 11 is 0. The molecule has 0 bridgehead atoms. The smallest absolute Gasteiger partial charge is 0.230 e. The van der Waals surface area contributed by atoms with Crippen LogP contribution in [0.15, 0.2) is 42.7 Å². The summed E-state index contributed by atoms with van der Waals surface area (Å²) in [6.45, 7) is 4.07. The number of ether oxygens (including phenoxy) is 1. The summed E-state index contributed by atoms with van der Waals surface area (Å²) in [5.74, 6) is 1.31. The monoisotopic (exact) mass is 265 g/mol. The lowest BCUT2D eigenvalue weighted by Gasteiger charge is -2.10. The van der Waals surface area contributed by atoms with E-state index in [-0.39, 0.29) is 0 Å². The van der Waals surface area contributed by atoms with Gasteiger partial charge in [-0.15, -0.1) is 0 Å². The van der Waals surface area contributed by atoms with E-state index in [4.69, 9.17) is 10.5 Å². The van der Waals surface area contributed by atoms with Crippen molar-refractivity contribution in [2.45, 2.75) is 13.8 Å². The maximum atomic E-state index is 5.93. The Morgan fingerprint density at radius 1 is 1.00 bits per heavy atom. The largest absolute Gasteiger partial charge is 0.438 e. The van der Waals surface area contributed by atoms with Crippen molar-refractivity contribution in [3.8, 4) is 11.6 Å². The number of fused-ring (bicyclic) bond motifs is 1. The zero-order valence-corrected chi connectivity index (χ0v) is 11.4. The average Bonchev–Trinajstić information content (AvgIpc) is 2.42. The molecule has 20 heavy (non-hydrogen) atoms. The number of aromatic nitrogens is 2. The Kier molecular flexibility index (Phi) is 2.99. The second-order valence-corrected chi connectivity index (χ2v) is 4.83. The van der Waals surface area contributed by atoms with Crippen molar-refractivity contribution in [2.75, 3.05) is 5.73 Å². The Bertz CT molecular complexity index is 784. The number of anilines is 1. The quantitative estimate of drug-likeness (QED) is 0.719. The minimum absolute atomic E-state index is 0.522. The molecular weight excluding hydrogens is 250 g/mol. The van der Waals surface area contributed by atoms with E-state index in [9.17, 15) is 0 Å². The SMILES string of the molecule is Cc1ccc(Oc2ncnc3ccc(N)cc23)c(C)c1. The number of nitrogen functional groups attached to an aromatic ring is 1. The molecule has 0 saturated heterocycles. The molecular formula is C16H15N3O. The van der Waals surface area contributed by atoms with Gasteiger partial charge in [-0.2, -0.15) is 0 Å². The molecule has 0 amide bonds. The molecule has 0 radical (unpaired) electrons. The van der Waals surface area contributed by atoms with Crippen LogP contribution in [0, 0.1) is 13.8 Å². The van der Waals surface area contributed by atoms with Gasteiger partial charge in [0.1, 0.15) is 12.1 Å². The fourth-order valence-corrected chi connectivity index (χ4v) is 2.15. The van der Waals surface area contributed by atoms with Crippen LogP contribution in [0.5, 0.6) is 11.6 Å². The Balaban J connectivity index is 2.08. The molecule has 1 heterocycles. The first-order valence-electron chi connectivity index (χ1n) is 6.39. The topological polar surface area (TPSA) is 61.0 Å². The van der Waals surface area contributed by atoms with Gasteiger partial charge in [0, 0.05) is 5.69 Å². The van der Waals surface area contributed by atoms with Crippen molar-refractivity contribution in [1.82, 2.24) is 9.97 Å². The van der Waals surface area contributed by atoms with Gasteiger partial charge < -0.3 is 10.5 Å². The molecule has 2 N–H and O–H groups in total. The zero-order valence-electron chi connectivity index (χ0n) is 11.4. The van der Waals surface area contributed by atoms with E-state index < -0.39 is 0 Å². The predicted octanol–water partition coefficient (Wildman–Crippen LogP) is 3.62. The highest BCUT2D eigenvalue weighted by Gasteiger charge is 2.08. The molecule has 0 atom stereocenters. The first-order valence-corrected chi connectivity index (χ1v) is 6.39. The molecule has 3 aromatic rings. The van der Waals surface area contributed by atoms with Crippen molar-refractivity contribution in [3.05, 3.63) is 53.9 Å². The molecule has 0 aliphatic heterocycles. The van der Waals surface area contributed by atoms with Crippen LogP contribution in [0.1, 0.15) is 11.1 Å². The standard InChI is InChI=1S/C16H15N3O/c1-10-3-6-15(11(2)7-10)20-16-13-8-12(17)4-5-14(13)18-9-19-16/h3-9H,17H2,1-2H3. The summed E-state index contributed by atoms with van der Waals surface area (Å²) in [7, 11) is 0. The minimum Gasteiger partial charge on any atom is -0.438 e. The van der Waals surface area contributed by atoms with E-state index in [1.54, 1.807) is 0 Å². The van der Waals surface area contributed by atoms with Crippen molar-refractivity contribution in [3.63, 3.8) is 0 Å². The zero-order chi connectivity index (χ0) is 14.1. The molecule has 2 aromatic carbocycles. The summed E-state index contributed by atoms with van der Waals surface area (Å²) in [6, 6.07) is 11.5. The molecule has 0 fully saturated rings. The summed E-state index contributed by atoms with van der Waals surface area (Å²) < 4.78 is 5.93. The molecule has 0 aliphatic carbocycles. The van der Waals surface area contributed by atoms with Crippen LogP contribution in [-0.4, -0.2) is 9.97 Å². The van der Waals surface area contributed by atoms with Crippen LogP contribution in [0.4, 0.5) is 5.69 Å². The molecule has 3 rings (SSSR count). The van der Waals surface area contributed by atoms with Crippen molar-refractivity contribution < 1.29 is 4.74 Å². The highest BCUT2D eigenvalue weighted by atomic mass is 16.5. The van der Waals surface area contributed by atoms with Gasteiger partial charge in [-0.1, -0.05) is 17.7 Å². The van der Waals surface area contributed by atoms with E-state index >= 15 is 0 Å². The first kappa shape index (κ1) is 12.4. The molecule has 0 aliphatic rings. The van der Waals surface area contributed by atoms with Crippen molar-refractivity contribution in [1.29, 1.82) is 0 Å². The van der Waals surface area contributed by atoms with E-state index in [1.165, 1.54) is 11.9 Å². The van der Waals surface area contributed by atoms with E-state index in [1.807, 2.05) is 37.3 Å². The lowest BCUT2D eigenvalue weighted by atomic mass is 10.1. The number of rotatable bonds is 2. The Labute approximate surface area is 117 Å². The van der Waals surface area contributed by atoms with Gasteiger partial charge >= 0.3 is 0 Å². The third-order valence-corrected chi connectivity index (χ3v) is 3.16. The van der Waals surface area contributed by atoms with Crippen LogP contribution in [0.2, 0.25) is 0 Å². The second-order valence-electron chi connectivity index (χ2n) is 4.83. The van der Waals surface area contributed by atoms with E-state index in [0.29, 0.717) is 11.6 Å². The van der Waals surface area contributed by atoms with E-state index in [0.717, 1.165) is 22.2 Å². The second kappa shape index (κ2) is 4.81. The predicted molar refractivity (Wildman–Crippen MR) is 79.9 cm³/mol. The van der Waals surface area contributed by atoms with Crippen LogP contribution in [0.25, 0.3) is 10.9 Å². The van der Waals surface area contributed by atoms with Crippen molar-refractivity contribution >= 4 is 16.6 Å². The van der Waals surface area contributed by atoms with Crippen LogP contribution >= 0.6 is 0 Å². The highest BCUT2D eigenvalue weighted by Crippen LogP contribution is 2.29. The summed E-state index contributed by atoms with van der Waals surface area (Å²) in [5.41, 5.74) is 9.57. The fourth-order valence-electron chi connectivity index (χ4n) is 2.15. The number of benzene rings is 2. The molecule has 4 heteroatoms. The molecule has 0 unspecified atom stereocenters. The third kappa shape index (κ3) is 2.28. The highest BCUT2D eigenvalue weighted by molar-refractivity contribution is 5.86. The number of hydrogen-bond acceptors (Lipinski definition) is 4. The van der Waals surface area contributed by atoms with Gasteiger partial charge in [-0.25, -0.2) is 9.97 Å². The molecule has 100 valence electrons. The van der Waals surface area contributed by atoms with Crippen molar-refractivity contribution in [2.24, 2.45) is 0 Å². The number of aryl methyl sites for hydroxylation is 2. The Hall–Kier alpha value is -2.62. The number of hydrogen-bond donors (Lipinski definition) is 1. The van der Waals surface area contributed by atoms with Gasteiger partial charge in [0.15, 0.2) is 0 Å². The van der Waals surface area contributed by atoms with Crippen LogP contribution in [-0.2, 0) is 0 Å². The number of nitrogens with two attached hydrogens (primary N) is 1. The summed E-state index contributed by atoms with van der Waals surface area (Å²) in [4.78, 5) is 8.43. The normalized spacial score (nSPS) is 10.7. The molecule has 0 saturated carbocycles. The van der Waals surface area contributed by atoms with Crippen LogP contribution in [0.3, 0.4) is 0 Å². The van der Waals surface area contributed by atoms with Gasteiger partial charge in [-0.3, -0.25) is 0 Å². The van der Waals surface area contributed by atoms with E-state index in [2.05, 4.69) is 23.0 Å². The lowest BCUT2D eigenvalue weighted by molar-refractivity contribution is 0.464. The Morgan fingerprint density at radius 2 is 1.85 bits per heavy atom. The molecule has 1 aromatic heterocycles. The summed E-state index contributed by atoms with van der Waals surface area (Å²) in [5, 5.41) is 0.812. The minimum atomic E-state index is 0.522. The average molecular weight is 265 g/mol.